The summed E-state index contributed by atoms with van der Waals surface area (Å²) in [4.78, 5) is 0. The first-order valence-electron chi connectivity index (χ1n) is 6.90. The molecule has 108 valence electrons. The molecule has 0 aromatic rings. The topological polar surface area (TPSA) is 21.3 Å². The average Bonchev–Trinajstić information content (AvgIpc) is 2.33. The summed E-state index contributed by atoms with van der Waals surface area (Å²) in [6.07, 6.45) is 6.10. The van der Waals surface area contributed by atoms with Crippen LogP contribution < -0.4 is 5.32 Å². The lowest BCUT2D eigenvalue weighted by atomic mass is 10.0. The van der Waals surface area contributed by atoms with Crippen molar-refractivity contribution >= 4 is 0 Å². The van der Waals surface area contributed by atoms with Crippen LogP contribution in [-0.2, 0) is 4.74 Å². The molecule has 2 nitrogen and oxygen atoms in total. The first-order valence-corrected chi connectivity index (χ1v) is 6.90. The second-order valence-electron chi connectivity index (χ2n) is 4.44. The quantitative estimate of drug-likeness (QED) is 0.403. The summed E-state index contributed by atoms with van der Waals surface area (Å²) >= 11 is 0. The van der Waals surface area contributed by atoms with Gasteiger partial charge in [-0.2, -0.15) is 0 Å². The summed E-state index contributed by atoms with van der Waals surface area (Å²) in [5.41, 5.74) is 0. The Morgan fingerprint density at radius 3 is 2.61 bits per heavy atom. The maximum atomic E-state index is 11.9. The van der Waals surface area contributed by atoms with E-state index in [1.54, 1.807) is 0 Å². The van der Waals surface area contributed by atoms with Crippen LogP contribution in [0, 0.1) is 0 Å². The highest BCUT2D eigenvalue weighted by Gasteiger charge is 2.08. The summed E-state index contributed by atoms with van der Waals surface area (Å²) in [5, 5.41) is 3.37. The number of rotatable bonds is 13. The zero-order valence-corrected chi connectivity index (χ0v) is 11.5. The van der Waals surface area contributed by atoms with Crippen molar-refractivity contribution in [3.8, 4) is 0 Å². The third-order valence-electron chi connectivity index (χ3n) is 2.81. The molecule has 0 amide bonds. The summed E-state index contributed by atoms with van der Waals surface area (Å²) in [7, 11) is 0. The van der Waals surface area contributed by atoms with Gasteiger partial charge in [-0.3, -0.25) is 0 Å². The smallest absolute Gasteiger partial charge is 0.261 e. The number of unbranched alkanes of at least 4 members (excludes halogenated alkanes) is 3. The molecule has 0 radical (unpaired) electrons. The van der Waals surface area contributed by atoms with Crippen LogP contribution in [0.25, 0.3) is 0 Å². The molecule has 0 aromatic heterocycles. The molecule has 1 unspecified atom stereocenters. The van der Waals surface area contributed by atoms with E-state index in [1.807, 2.05) is 6.08 Å². The lowest BCUT2D eigenvalue weighted by Gasteiger charge is -2.17. The summed E-state index contributed by atoms with van der Waals surface area (Å²) in [6.45, 7) is 6.63. The van der Waals surface area contributed by atoms with Gasteiger partial charge in [0.15, 0.2) is 0 Å². The van der Waals surface area contributed by atoms with E-state index in [4.69, 9.17) is 4.74 Å². The van der Waals surface area contributed by atoms with Gasteiger partial charge in [0.2, 0.25) is 0 Å². The van der Waals surface area contributed by atoms with Crippen molar-refractivity contribution < 1.29 is 13.5 Å². The molecule has 0 fully saturated rings. The first-order chi connectivity index (χ1) is 8.70. The molecule has 0 aromatic carbocycles. The van der Waals surface area contributed by atoms with Gasteiger partial charge >= 0.3 is 0 Å². The van der Waals surface area contributed by atoms with Crippen LogP contribution in [0.1, 0.15) is 45.4 Å². The predicted molar refractivity (Wildman–Crippen MR) is 72.2 cm³/mol. The van der Waals surface area contributed by atoms with Crippen molar-refractivity contribution in [1.29, 1.82) is 0 Å². The number of alkyl halides is 2. The van der Waals surface area contributed by atoms with E-state index in [0.717, 1.165) is 25.8 Å². The van der Waals surface area contributed by atoms with Crippen LogP contribution in [0.4, 0.5) is 8.78 Å². The van der Waals surface area contributed by atoms with Crippen LogP contribution >= 0.6 is 0 Å². The fraction of sp³-hybridized carbons (Fsp3) is 0.857. The van der Waals surface area contributed by atoms with Crippen molar-refractivity contribution in [2.45, 2.75) is 57.9 Å². The van der Waals surface area contributed by atoms with E-state index in [9.17, 15) is 8.78 Å². The lowest BCUT2D eigenvalue weighted by Crippen LogP contribution is -2.30. The number of allylic oxidation sites excluding steroid dienone is 1. The van der Waals surface area contributed by atoms with E-state index in [2.05, 4.69) is 18.8 Å². The maximum Gasteiger partial charge on any atom is 0.261 e. The summed E-state index contributed by atoms with van der Waals surface area (Å²) in [5.74, 6) is 0. The van der Waals surface area contributed by atoms with Gasteiger partial charge in [-0.05, 0) is 32.2 Å². The van der Waals surface area contributed by atoms with Gasteiger partial charge < -0.3 is 10.1 Å². The number of ether oxygens (including phenoxy) is 1. The molecule has 0 bridgehead atoms. The van der Waals surface area contributed by atoms with E-state index < -0.39 is 13.0 Å². The minimum Gasteiger partial charge on any atom is -0.375 e. The van der Waals surface area contributed by atoms with Gasteiger partial charge in [-0.1, -0.05) is 25.8 Å². The van der Waals surface area contributed by atoms with Crippen molar-refractivity contribution in [3.63, 3.8) is 0 Å². The van der Waals surface area contributed by atoms with Crippen molar-refractivity contribution in [2.75, 3.05) is 19.8 Å². The zero-order chi connectivity index (χ0) is 13.6. The standard InChI is InChI=1S/C14H27F2NO/c1-3-5-6-7-8-9-13(17-4-2)10-11-18-12-14(15)16/h3,13-14,17H,1,4-12H2,2H3. The summed E-state index contributed by atoms with van der Waals surface area (Å²) < 4.78 is 28.7. The molecule has 18 heavy (non-hydrogen) atoms. The Bertz CT molecular complexity index is 189. The molecule has 1 N–H and O–H groups in total. The van der Waals surface area contributed by atoms with Crippen LogP contribution in [0.3, 0.4) is 0 Å². The molecule has 0 heterocycles. The molecule has 0 saturated heterocycles. The lowest BCUT2D eigenvalue weighted by molar-refractivity contribution is 0.0142. The minimum absolute atomic E-state index is 0.386. The zero-order valence-electron chi connectivity index (χ0n) is 11.5. The van der Waals surface area contributed by atoms with Crippen LogP contribution in [0.15, 0.2) is 12.7 Å². The first kappa shape index (κ1) is 17.5. The van der Waals surface area contributed by atoms with Gasteiger partial charge in [-0.25, -0.2) is 8.78 Å². The van der Waals surface area contributed by atoms with E-state index >= 15 is 0 Å². The van der Waals surface area contributed by atoms with Gasteiger partial charge in [0.05, 0.1) is 0 Å². The molecule has 0 aliphatic heterocycles. The van der Waals surface area contributed by atoms with Crippen molar-refractivity contribution in [1.82, 2.24) is 5.32 Å². The Kier molecular flexibility index (Phi) is 12.6. The van der Waals surface area contributed by atoms with Crippen LogP contribution in [0.2, 0.25) is 0 Å². The third-order valence-corrected chi connectivity index (χ3v) is 2.81. The Morgan fingerprint density at radius 2 is 2.00 bits per heavy atom. The molecule has 0 saturated carbocycles. The third kappa shape index (κ3) is 12.0. The van der Waals surface area contributed by atoms with E-state index in [-0.39, 0.29) is 0 Å². The Hall–Kier alpha value is -0.480. The van der Waals surface area contributed by atoms with Gasteiger partial charge in [-0.15, -0.1) is 6.58 Å². The molecule has 0 aliphatic rings. The van der Waals surface area contributed by atoms with Gasteiger partial charge in [0.1, 0.15) is 6.61 Å². The van der Waals surface area contributed by atoms with E-state index in [0.29, 0.717) is 12.6 Å². The molecule has 0 spiro atoms. The van der Waals surface area contributed by atoms with Crippen LogP contribution in [0.5, 0.6) is 0 Å². The molecule has 1 atom stereocenters. The predicted octanol–water partition coefficient (Wildman–Crippen LogP) is 3.77. The average molecular weight is 263 g/mol. The fourth-order valence-corrected chi connectivity index (χ4v) is 1.89. The highest BCUT2D eigenvalue weighted by molar-refractivity contribution is 4.68. The number of halogens is 2. The van der Waals surface area contributed by atoms with Gasteiger partial charge in [0, 0.05) is 12.6 Å². The van der Waals surface area contributed by atoms with E-state index in [1.165, 1.54) is 19.3 Å². The highest BCUT2D eigenvalue weighted by Crippen LogP contribution is 2.09. The SMILES string of the molecule is C=CCCCCCC(CCOCC(F)F)NCC. The van der Waals surface area contributed by atoms with Gasteiger partial charge in [0.25, 0.3) is 6.43 Å². The molecule has 4 heteroatoms. The van der Waals surface area contributed by atoms with Crippen LogP contribution in [-0.4, -0.2) is 32.2 Å². The maximum absolute atomic E-state index is 11.9. The number of hydrogen-bond donors (Lipinski definition) is 1. The molecule has 0 aliphatic carbocycles. The largest absolute Gasteiger partial charge is 0.375 e. The highest BCUT2D eigenvalue weighted by atomic mass is 19.3. The fourth-order valence-electron chi connectivity index (χ4n) is 1.89. The van der Waals surface area contributed by atoms with Crippen molar-refractivity contribution in [2.24, 2.45) is 0 Å². The molecular weight excluding hydrogens is 236 g/mol. The molecular formula is C14H27F2NO. The Balaban J connectivity index is 3.54. The Labute approximate surface area is 110 Å². The number of nitrogens with one attached hydrogen (secondary N) is 1. The second kappa shape index (κ2) is 13.0. The normalized spacial score (nSPS) is 12.9. The number of hydrogen-bond acceptors (Lipinski definition) is 2. The monoisotopic (exact) mass is 263 g/mol. The minimum atomic E-state index is -2.36. The Morgan fingerprint density at radius 1 is 1.22 bits per heavy atom. The summed E-state index contributed by atoms with van der Waals surface area (Å²) in [6, 6.07) is 0.386. The molecule has 0 rings (SSSR count). The second-order valence-corrected chi connectivity index (χ2v) is 4.44. The van der Waals surface area contributed by atoms with Crippen molar-refractivity contribution in [3.05, 3.63) is 12.7 Å².